The summed E-state index contributed by atoms with van der Waals surface area (Å²) in [5.74, 6) is 1.22. The smallest absolute Gasteiger partial charge is 0.412 e. The van der Waals surface area contributed by atoms with Crippen molar-refractivity contribution in [3.8, 4) is 0 Å². The molecule has 1 aromatic carbocycles. The molecule has 40 heavy (non-hydrogen) atoms. The summed E-state index contributed by atoms with van der Waals surface area (Å²) in [4.78, 5) is 27.0. The number of allylic oxidation sites excluding steroid dienone is 2. The number of rotatable bonds is 20. The van der Waals surface area contributed by atoms with Crippen LogP contribution < -0.4 is 0 Å². The minimum absolute atomic E-state index is 0.158. The van der Waals surface area contributed by atoms with E-state index in [-0.39, 0.29) is 24.9 Å². The van der Waals surface area contributed by atoms with Gasteiger partial charge in [-0.1, -0.05) is 101 Å². The predicted octanol–water partition coefficient (Wildman–Crippen LogP) is 9.57. The van der Waals surface area contributed by atoms with Crippen LogP contribution in [0.3, 0.4) is 0 Å². The van der Waals surface area contributed by atoms with E-state index in [0.717, 1.165) is 25.7 Å². The minimum atomic E-state index is -0.366. The Labute approximate surface area is 244 Å². The van der Waals surface area contributed by atoms with E-state index in [1.807, 2.05) is 17.9 Å². The standard InChI is InChI=1S/C35H55NO4/c1-3-5-6-7-8-9-10-11-12-13-14-15-16-17-21-24-32(37)39-28-40-35(38)36(4-2)34-31-26-25-30(27-31)33(34)29-22-19-18-20-23-29/h11-12,18-20,22-23,30-31,33-34H,3-10,13-17,21,24-28H2,1-2H3/b12-11-/t30?,31?,33-,34?/m1/s1. The molecule has 1 amide bonds. The second-order valence-corrected chi connectivity index (χ2v) is 11.9. The van der Waals surface area contributed by atoms with Crippen molar-refractivity contribution < 1.29 is 19.1 Å². The first-order valence-corrected chi connectivity index (χ1v) is 16.4. The largest absolute Gasteiger partial charge is 0.428 e. The molecule has 2 bridgehead atoms. The maximum absolute atomic E-state index is 13.0. The van der Waals surface area contributed by atoms with Crippen molar-refractivity contribution in [2.75, 3.05) is 13.3 Å². The van der Waals surface area contributed by atoms with Crippen molar-refractivity contribution >= 4 is 12.1 Å². The first-order chi connectivity index (χ1) is 19.7. The number of likely N-dealkylation sites (N-methyl/N-ethyl adjacent to an activating group) is 1. The fourth-order valence-electron chi connectivity index (χ4n) is 6.96. The molecule has 3 unspecified atom stereocenters. The zero-order valence-electron chi connectivity index (χ0n) is 25.4. The average molecular weight is 554 g/mol. The summed E-state index contributed by atoms with van der Waals surface area (Å²) in [7, 11) is 0. The highest BCUT2D eigenvalue weighted by atomic mass is 16.7. The van der Waals surface area contributed by atoms with E-state index in [9.17, 15) is 9.59 Å². The molecular formula is C35H55NO4. The van der Waals surface area contributed by atoms with E-state index in [2.05, 4.69) is 43.3 Å². The lowest BCUT2D eigenvalue weighted by Gasteiger charge is -2.39. The summed E-state index contributed by atoms with van der Waals surface area (Å²) >= 11 is 0. The van der Waals surface area contributed by atoms with Crippen LogP contribution in [0.15, 0.2) is 42.5 Å². The van der Waals surface area contributed by atoms with Crippen LogP contribution in [0, 0.1) is 11.8 Å². The Hall–Kier alpha value is -2.30. The predicted molar refractivity (Wildman–Crippen MR) is 163 cm³/mol. The highest BCUT2D eigenvalue weighted by Crippen LogP contribution is 2.54. The first-order valence-electron chi connectivity index (χ1n) is 16.4. The zero-order valence-corrected chi connectivity index (χ0v) is 25.4. The van der Waals surface area contributed by atoms with Crippen LogP contribution in [0.1, 0.15) is 134 Å². The van der Waals surface area contributed by atoms with Crippen LogP contribution in [0.25, 0.3) is 0 Å². The lowest BCUT2D eigenvalue weighted by atomic mass is 9.79. The zero-order chi connectivity index (χ0) is 28.4. The second-order valence-electron chi connectivity index (χ2n) is 11.9. The fraction of sp³-hybridized carbons (Fsp3) is 0.714. The molecule has 0 radical (unpaired) electrons. The number of esters is 1. The van der Waals surface area contributed by atoms with Crippen LogP contribution in [-0.4, -0.2) is 36.3 Å². The van der Waals surface area contributed by atoms with E-state index in [1.54, 1.807) is 0 Å². The van der Waals surface area contributed by atoms with Gasteiger partial charge in [0.2, 0.25) is 6.79 Å². The molecule has 3 rings (SSSR count). The molecule has 0 spiro atoms. The molecule has 2 saturated carbocycles. The Bertz CT molecular complexity index is 869. The number of carbonyl (C=O) groups excluding carboxylic acids is 2. The molecule has 5 heteroatoms. The molecule has 0 heterocycles. The van der Waals surface area contributed by atoms with Gasteiger partial charge in [-0.2, -0.15) is 0 Å². The molecule has 2 aliphatic rings. The SMILES string of the molecule is CCCCCCCC/C=C\CCCCCCCC(=O)OCOC(=O)N(CC)C1C2CCC(C2)[C@H]1c1ccccc1. The second kappa shape index (κ2) is 18.9. The summed E-state index contributed by atoms with van der Waals surface area (Å²) < 4.78 is 10.7. The number of hydrogen-bond donors (Lipinski definition) is 0. The molecule has 0 saturated heterocycles. The molecule has 0 N–H and O–H groups in total. The van der Waals surface area contributed by atoms with Crippen LogP contribution in [0.5, 0.6) is 0 Å². The number of carbonyl (C=O) groups is 2. The van der Waals surface area contributed by atoms with E-state index < -0.39 is 0 Å². The van der Waals surface area contributed by atoms with Crippen molar-refractivity contribution in [3.63, 3.8) is 0 Å². The van der Waals surface area contributed by atoms with Gasteiger partial charge >= 0.3 is 12.1 Å². The maximum Gasteiger partial charge on any atom is 0.412 e. The van der Waals surface area contributed by atoms with E-state index in [4.69, 9.17) is 9.47 Å². The highest BCUT2D eigenvalue weighted by Gasteiger charge is 2.51. The van der Waals surface area contributed by atoms with Crippen molar-refractivity contribution in [1.82, 2.24) is 4.90 Å². The van der Waals surface area contributed by atoms with Gasteiger partial charge in [0.1, 0.15) is 0 Å². The van der Waals surface area contributed by atoms with Gasteiger partial charge in [0.25, 0.3) is 0 Å². The first kappa shape index (κ1) is 32.2. The van der Waals surface area contributed by atoms with Crippen LogP contribution in [0.4, 0.5) is 4.79 Å². The van der Waals surface area contributed by atoms with Crippen LogP contribution in [0.2, 0.25) is 0 Å². The van der Waals surface area contributed by atoms with Crippen LogP contribution in [-0.2, 0) is 14.3 Å². The summed E-state index contributed by atoms with van der Waals surface area (Å²) in [5.41, 5.74) is 1.32. The Kier molecular flexibility index (Phi) is 15.3. The molecule has 2 aliphatic carbocycles. The van der Waals surface area contributed by atoms with Gasteiger partial charge in [-0.25, -0.2) is 4.79 Å². The number of hydrogen-bond acceptors (Lipinski definition) is 4. The number of amides is 1. The number of nitrogens with zero attached hydrogens (tertiary/aromatic N) is 1. The third-order valence-electron chi connectivity index (χ3n) is 9.04. The van der Waals surface area contributed by atoms with Crippen molar-refractivity contribution in [3.05, 3.63) is 48.0 Å². The van der Waals surface area contributed by atoms with Gasteiger partial charge in [0.15, 0.2) is 0 Å². The Morgan fingerprint density at radius 2 is 1.43 bits per heavy atom. The monoisotopic (exact) mass is 553 g/mol. The fourth-order valence-corrected chi connectivity index (χ4v) is 6.96. The topological polar surface area (TPSA) is 55.8 Å². The summed E-state index contributed by atoms with van der Waals surface area (Å²) in [6.45, 7) is 4.57. The van der Waals surface area contributed by atoms with E-state index in [1.165, 1.54) is 82.6 Å². The molecule has 0 aromatic heterocycles. The van der Waals surface area contributed by atoms with Crippen molar-refractivity contribution in [2.45, 2.75) is 135 Å². The number of benzene rings is 1. The average Bonchev–Trinajstić information content (AvgIpc) is 3.58. The minimum Gasteiger partial charge on any atom is -0.428 e. The quantitative estimate of drug-likeness (QED) is 0.0698. The van der Waals surface area contributed by atoms with E-state index in [0.29, 0.717) is 30.7 Å². The normalized spacial score (nSPS) is 21.6. The van der Waals surface area contributed by atoms with Crippen LogP contribution >= 0.6 is 0 Å². The van der Waals surface area contributed by atoms with Gasteiger partial charge in [-0.15, -0.1) is 0 Å². The van der Waals surface area contributed by atoms with Gasteiger partial charge < -0.3 is 14.4 Å². The Morgan fingerprint density at radius 3 is 2.10 bits per heavy atom. The number of fused-ring (bicyclic) bond motifs is 2. The lowest BCUT2D eigenvalue weighted by molar-refractivity contribution is -0.152. The summed E-state index contributed by atoms with van der Waals surface area (Å²) in [6, 6.07) is 10.8. The number of unbranched alkanes of at least 4 members (excludes halogenated alkanes) is 11. The maximum atomic E-state index is 13.0. The van der Waals surface area contributed by atoms with Crippen molar-refractivity contribution in [2.24, 2.45) is 11.8 Å². The molecule has 2 fully saturated rings. The lowest BCUT2D eigenvalue weighted by Crippen LogP contribution is -2.47. The van der Waals surface area contributed by atoms with Gasteiger partial charge in [0, 0.05) is 24.9 Å². The van der Waals surface area contributed by atoms with Gasteiger partial charge in [0.05, 0.1) is 0 Å². The Morgan fingerprint density at radius 1 is 0.800 bits per heavy atom. The summed E-state index contributed by atoms with van der Waals surface area (Å²) in [5, 5.41) is 0. The number of ether oxygens (including phenoxy) is 2. The third-order valence-corrected chi connectivity index (χ3v) is 9.04. The van der Waals surface area contributed by atoms with Gasteiger partial charge in [-0.05, 0) is 75.7 Å². The molecule has 0 aliphatic heterocycles. The molecule has 5 nitrogen and oxygen atoms in total. The van der Waals surface area contributed by atoms with Gasteiger partial charge in [-0.3, -0.25) is 4.79 Å². The Balaban J connectivity index is 1.22. The van der Waals surface area contributed by atoms with Crippen molar-refractivity contribution in [1.29, 1.82) is 0 Å². The molecule has 4 atom stereocenters. The molecular weight excluding hydrogens is 498 g/mol. The molecule has 1 aromatic rings. The molecule has 224 valence electrons. The van der Waals surface area contributed by atoms with E-state index >= 15 is 0 Å². The summed E-state index contributed by atoms with van der Waals surface area (Å²) in [6.07, 6.45) is 24.2. The highest BCUT2D eigenvalue weighted by molar-refractivity contribution is 5.70. The third kappa shape index (κ3) is 10.6.